The van der Waals surface area contributed by atoms with Gasteiger partial charge < -0.3 is 15.0 Å². The molecule has 98 valence electrons. The van der Waals surface area contributed by atoms with E-state index in [9.17, 15) is 4.79 Å². The molecule has 2 rings (SSSR count). The molecule has 0 saturated carbocycles. The molecule has 4 heteroatoms. The molecule has 1 N–H and O–H groups in total. The predicted octanol–water partition coefficient (Wildman–Crippen LogP) is 0.869. The second-order valence-electron chi connectivity index (χ2n) is 6.20. The molecule has 1 amide bonds. The summed E-state index contributed by atoms with van der Waals surface area (Å²) in [5, 5.41) is 3.21. The van der Waals surface area contributed by atoms with Crippen molar-refractivity contribution in [1.82, 2.24) is 10.2 Å². The van der Waals surface area contributed by atoms with Crippen LogP contribution in [0.15, 0.2) is 0 Å². The van der Waals surface area contributed by atoms with Crippen LogP contribution in [0.1, 0.15) is 27.2 Å². The first kappa shape index (κ1) is 12.8. The van der Waals surface area contributed by atoms with Gasteiger partial charge in [0.15, 0.2) is 0 Å². The second-order valence-corrected chi connectivity index (χ2v) is 6.20. The molecule has 2 unspecified atom stereocenters. The molecule has 17 heavy (non-hydrogen) atoms. The molecule has 0 bridgehead atoms. The van der Waals surface area contributed by atoms with Crippen LogP contribution in [-0.2, 0) is 9.53 Å². The smallest absolute Gasteiger partial charge is 0.253 e. The first-order valence-electron chi connectivity index (χ1n) is 6.59. The molecular weight excluding hydrogens is 216 g/mol. The third-order valence-corrected chi connectivity index (χ3v) is 3.93. The molecule has 4 nitrogen and oxygen atoms in total. The van der Waals surface area contributed by atoms with Crippen molar-refractivity contribution in [2.75, 3.05) is 32.8 Å². The lowest BCUT2D eigenvalue weighted by molar-refractivity contribution is -0.144. The van der Waals surface area contributed by atoms with Crippen molar-refractivity contribution in [3.05, 3.63) is 0 Å². The van der Waals surface area contributed by atoms with Crippen LogP contribution in [0.25, 0.3) is 0 Å². The molecule has 2 fully saturated rings. The van der Waals surface area contributed by atoms with Gasteiger partial charge in [0.25, 0.3) is 5.91 Å². The van der Waals surface area contributed by atoms with Crippen molar-refractivity contribution < 1.29 is 9.53 Å². The van der Waals surface area contributed by atoms with Gasteiger partial charge in [0.1, 0.15) is 6.10 Å². The number of nitrogens with zero attached hydrogens (tertiary/aromatic N) is 1. The van der Waals surface area contributed by atoms with E-state index in [4.69, 9.17) is 4.74 Å². The third-order valence-electron chi connectivity index (χ3n) is 3.93. The van der Waals surface area contributed by atoms with E-state index in [0.29, 0.717) is 24.5 Å². The maximum Gasteiger partial charge on any atom is 0.253 e. The number of rotatable bonds is 1. The van der Waals surface area contributed by atoms with Crippen molar-refractivity contribution in [3.8, 4) is 0 Å². The lowest BCUT2D eigenvalue weighted by atomic mass is 9.80. The van der Waals surface area contributed by atoms with Gasteiger partial charge in [-0.1, -0.05) is 20.8 Å². The highest BCUT2D eigenvalue weighted by molar-refractivity contribution is 5.81. The number of hydrogen-bond acceptors (Lipinski definition) is 3. The summed E-state index contributed by atoms with van der Waals surface area (Å²) in [6.07, 6.45) is 0.859. The molecule has 0 aromatic carbocycles. The summed E-state index contributed by atoms with van der Waals surface area (Å²) >= 11 is 0. The Bertz CT molecular complexity index is 280. The van der Waals surface area contributed by atoms with Crippen molar-refractivity contribution in [2.24, 2.45) is 11.3 Å². The maximum atomic E-state index is 12.2. The van der Waals surface area contributed by atoms with Crippen LogP contribution < -0.4 is 5.32 Å². The summed E-state index contributed by atoms with van der Waals surface area (Å²) in [6, 6.07) is 0. The molecule has 0 spiro atoms. The zero-order valence-corrected chi connectivity index (χ0v) is 11.2. The Morgan fingerprint density at radius 1 is 1.41 bits per heavy atom. The van der Waals surface area contributed by atoms with Gasteiger partial charge in [0, 0.05) is 26.2 Å². The number of amides is 1. The standard InChI is InChI=1S/C13H24N2O2/c1-13(2,3)10-4-6-15(9-10)12(16)11-8-14-5-7-17-11/h10-11,14H,4-9H2,1-3H3. The van der Waals surface area contributed by atoms with E-state index in [2.05, 4.69) is 26.1 Å². The van der Waals surface area contributed by atoms with Crippen LogP contribution in [0, 0.1) is 11.3 Å². The summed E-state index contributed by atoms with van der Waals surface area (Å²) < 4.78 is 5.52. The van der Waals surface area contributed by atoms with Crippen LogP contribution in [-0.4, -0.2) is 49.7 Å². The molecule has 2 atom stereocenters. The largest absolute Gasteiger partial charge is 0.366 e. The van der Waals surface area contributed by atoms with Crippen LogP contribution >= 0.6 is 0 Å². The van der Waals surface area contributed by atoms with Gasteiger partial charge in [-0.25, -0.2) is 0 Å². The topological polar surface area (TPSA) is 41.6 Å². The number of hydrogen-bond donors (Lipinski definition) is 1. The lowest BCUT2D eigenvalue weighted by Gasteiger charge is -2.29. The predicted molar refractivity (Wildman–Crippen MR) is 66.8 cm³/mol. The monoisotopic (exact) mass is 240 g/mol. The first-order chi connectivity index (χ1) is 7.98. The second kappa shape index (κ2) is 4.94. The highest BCUT2D eigenvalue weighted by Gasteiger charge is 2.36. The average molecular weight is 240 g/mol. The number of nitrogens with one attached hydrogen (secondary N) is 1. The molecule has 2 heterocycles. The van der Waals surface area contributed by atoms with Gasteiger partial charge in [0.05, 0.1) is 6.61 Å². The zero-order valence-electron chi connectivity index (χ0n) is 11.2. The minimum atomic E-state index is -0.262. The summed E-state index contributed by atoms with van der Waals surface area (Å²) in [7, 11) is 0. The highest BCUT2D eigenvalue weighted by atomic mass is 16.5. The van der Waals surface area contributed by atoms with Crippen molar-refractivity contribution >= 4 is 5.91 Å². The molecule has 0 aromatic rings. The van der Waals surface area contributed by atoms with Gasteiger partial charge in [-0.05, 0) is 17.8 Å². The van der Waals surface area contributed by atoms with E-state index in [1.165, 1.54) is 0 Å². The Hall–Kier alpha value is -0.610. The van der Waals surface area contributed by atoms with E-state index in [1.54, 1.807) is 0 Å². The quantitative estimate of drug-likeness (QED) is 0.739. The fraction of sp³-hybridized carbons (Fsp3) is 0.923. The highest BCUT2D eigenvalue weighted by Crippen LogP contribution is 2.33. The van der Waals surface area contributed by atoms with E-state index in [-0.39, 0.29) is 12.0 Å². The Balaban J connectivity index is 1.89. The average Bonchev–Trinajstić information content (AvgIpc) is 2.78. The first-order valence-corrected chi connectivity index (χ1v) is 6.59. The SMILES string of the molecule is CC(C)(C)C1CCN(C(=O)C2CNCCO2)C1. The van der Waals surface area contributed by atoms with Gasteiger partial charge in [0.2, 0.25) is 0 Å². The van der Waals surface area contributed by atoms with Crippen LogP contribution in [0.4, 0.5) is 0 Å². The fourth-order valence-electron chi connectivity index (χ4n) is 2.59. The summed E-state index contributed by atoms with van der Waals surface area (Å²) in [5.74, 6) is 0.784. The van der Waals surface area contributed by atoms with Gasteiger partial charge in [-0.2, -0.15) is 0 Å². The van der Waals surface area contributed by atoms with Gasteiger partial charge in [-0.15, -0.1) is 0 Å². The van der Waals surface area contributed by atoms with E-state index < -0.39 is 0 Å². The van der Waals surface area contributed by atoms with Gasteiger partial charge in [-0.3, -0.25) is 4.79 Å². The lowest BCUT2D eigenvalue weighted by Crippen LogP contribution is -2.49. The fourth-order valence-corrected chi connectivity index (χ4v) is 2.59. The van der Waals surface area contributed by atoms with Crippen LogP contribution in [0.5, 0.6) is 0 Å². The molecule has 0 aromatic heterocycles. The number of likely N-dealkylation sites (tertiary alicyclic amines) is 1. The van der Waals surface area contributed by atoms with Crippen LogP contribution in [0.3, 0.4) is 0 Å². The third kappa shape index (κ3) is 2.99. The summed E-state index contributed by atoms with van der Waals surface area (Å²) in [6.45, 7) is 10.7. The van der Waals surface area contributed by atoms with E-state index in [0.717, 1.165) is 26.1 Å². The normalized spacial score (nSPS) is 30.6. The van der Waals surface area contributed by atoms with Crippen molar-refractivity contribution in [1.29, 1.82) is 0 Å². The number of ether oxygens (including phenoxy) is 1. The Morgan fingerprint density at radius 2 is 2.18 bits per heavy atom. The summed E-state index contributed by atoms with van der Waals surface area (Å²) in [4.78, 5) is 14.2. The molecule has 2 saturated heterocycles. The number of carbonyl (C=O) groups excluding carboxylic acids is 1. The van der Waals surface area contributed by atoms with Gasteiger partial charge >= 0.3 is 0 Å². The molecule has 2 aliphatic rings. The maximum absolute atomic E-state index is 12.2. The van der Waals surface area contributed by atoms with Crippen molar-refractivity contribution in [3.63, 3.8) is 0 Å². The Labute approximate surface area is 104 Å². The Morgan fingerprint density at radius 3 is 2.71 bits per heavy atom. The molecular formula is C13H24N2O2. The van der Waals surface area contributed by atoms with Crippen molar-refractivity contribution in [2.45, 2.75) is 33.3 Å². The number of morpholine rings is 1. The van der Waals surface area contributed by atoms with E-state index >= 15 is 0 Å². The molecule has 0 radical (unpaired) electrons. The van der Waals surface area contributed by atoms with Crippen LogP contribution in [0.2, 0.25) is 0 Å². The molecule has 2 aliphatic heterocycles. The zero-order chi connectivity index (χ0) is 12.5. The summed E-state index contributed by atoms with van der Waals surface area (Å²) in [5.41, 5.74) is 0.292. The Kier molecular flexibility index (Phi) is 3.73. The minimum Gasteiger partial charge on any atom is -0.366 e. The molecule has 0 aliphatic carbocycles. The van der Waals surface area contributed by atoms with E-state index in [1.807, 2.05) is 4.90 Å². The number of carbonyl (C=O) groups is 1. The minimum absolute atomic E-state index is 0.170.